The molecule has 1 aliphatic heterocycles. The van der Waals surface area contributed by atoms with Crippen LogP contribution in [0.3, 0.4) is 0 Å². The van der Waals surface area contributed by atoms with E-state index in [-0.39, 0.29) is 6.04 Å². The van der Waals surface area contributed by atoms with Crippen LogP contribution in [-0.2, 0) is 10.0 Å². The van der Waals surface area contributed by atoms with Crippen LogP contribution in [0.1, 0.15) is 12.8 Å². The van der Waals surface area contributed by atoms with Gasteiger partial charge in [-0.2, -0.15) is 4.31 Å². The zero-order valence-corrected chi connectivity index (χ0v) is 14.3. The fourth-order valence-electron chi connectivity index (χ4n) is 3.34. The predicted octanol–water partition coefficient (Wildman–Crippen LogP) is 2.22. The lowest BCUT2D eigenvalue weighted by atomic mass is 10.1. The molecule has 23 heavy (non-hydrogen) atoms. The van der Waals surface area contributed by atoms with E-state index in [1.165, 1.54) is 0 Å². The summed E-state index contributed by atoms with van der Waals surface area (Å²) in [7, 11) is -0.0742. The SMILES string of the molecule is CNCC1CCCN1S(=O)(=O)c1ccc(OC)c2ccccc12. The number of fused-ring (bicyclic) bond motifs is 1. The molecule has 3 rings (SSSR count). The van der Waals surface area contributed by atoms with Gasteiger partial charge in [0.25, 0.3) is 0 Å². The molecule has 0 radical (unpaired) electrons. The summed E-state index contributed by atoms with van der Waals surface area (Å²) in [5, 5.41) is 4.62. The molecule has 1 saturated heterocycles. The zero-order chi connectivity index (χ0) is 16.4. The van der Waals surface area contributed by atoms with Crippen LogP contribution in [0.15, 0.2) is 41.3 Å². The van der Waals surface area contributed by atoms with Crippen LogP contribution in [0.2, 0.25) is 0 Å². The molecular formula is C17H22N2O3S. The molecule has 1 fully saturated rings. The lowest BCUT2D eigenvalue weighted by molar-refractivity contribution is 0.379. The summed E-state index contributed by atoms with van der Waals surface area (Å²) < 4.78 is 33.4. The van der Waals surface area contributed by atoms with Gasteiger partial charge in [-0.1, -0.05) is 24.3 Å². The molecule has 0 aromatic heterocycles. The highest BCUT2D eigenvalue weighted by atomic mass is 32.2. The second-order valence-corrected chi connectivity index (χ2v) is 7.64. The van der Waals surface area contributed by atoms with E-state index in [0.717, 1.165) is 18.2 Å². The molecule has 2 aromatic carbocycles. The van der Waals surface area contributed by atoms with Crippen molar-refractivity contribution in [2.75, 3.05) is 27.2 Å². The molecule has 0 amide bonds. The fraction of sp³-hybridized carbons (Fsp3) is 0.412. The molecule has 1 heterocycles. The number of ether oxygens (including phenoxy) is 1. The molecule has 1 unspecified atom stereocenters. The first-order valence-electron chi connectivity index (χ1n) is 7.81. The Kier molecular flexibility index (Phi) is 4.57. The Balaban J connectivity index is 2.12. The maximum Gasteiger partial charge on any atom is 0.243 e. The first-order valence-corrected chi connectivity index (χ1v) is 9.25. The number of hydrogen-bond acceptors (Lipinski definition) is 4. The second kappa shape index (κ2) is 6.47. The number of sulfonamides is 1. The molecule has 124 valence electrons. The van der Waals surface area contributed by atoms with Crippen molar-refractivity contribution < 1.29 is 13.2 Å². The Morgan fingerprint density at radius 3 is 2.65 bits per heavy atom. The lowest BCUT2D eigenvalue weighted by Gasteiger charge is -2.24. The second-order valence-electron chi connectivity index (χ2n) is 5.78. The van der Waals surface area contributed by atoms with E-state index >= 15 is 0 Å². The van der Waals surface area contributed by atoms with E-state index in [4.69, 9.17) is 4.74 Å². The van der Waals surface area contributed by atoms with E-state index in [1.807, 2.05) is 31.3 Å². The van der Waals surface area contributed by atoms with E-state index in [0.29, 0.717) is 29.1 Å². The molecule has 6 heteroatoms. The minimum atomic E-state index is -3.52. The van der Waals surface area contributed by atoms with Crippen LogP contribution < -0.4 is 10.1 Å². The molecule has 1 atom stereocenters. The molecule has 5 nitrogen and oxygen atoms in total. The summed E-state index contributed by atoms with van der Waals surface area (Å²) in [6.07, 6.45) is 1.80. The Labute approximate surface area is 137 Å². The van der Waals surface area contributed by atoms with Crippen molar-refractivity contribution in [2.45, 2.75) is 23.8 Å². The van der Waals surface area contributed by atoms with Crippen LogP contribution in [0.5, 0.6) is 5.75 Å². The van der Waals surface area contributed by atoms with Gasteiger partial charge < -0.3 is 10.1 Å². The maximum atomic E-state index is 13.2. The predicted molar refractivity (Wildman–Crippen MR) is 91.3 cm³/mol. The largest absolute Gasteiger partial charge is 0.496 e. The Morgan fingerprint density at radius 2 is 1.96 bits per heavy atom. The van der Waals surface area contributed by atoms with Crippen molar-refractivity contribution in [3.8, 4) is 5.75 Å². The summed E-state index contributed by atoms with van der Waals surface area (Å²) in [5.74, 6) is 0.688. The molecule has 0 saturated carbocycles. The Bertz CT molecular complexity index is 805. The summed E-state index contributed by atoms with van der Waals surface area (Å²) in [5.41, 5.74) is 0. The first-order chi connectivity index (χ1) is 11.1. The highest BCUT2D eigenvalue weighted by Crippen LogP contribution is 2.34. The van der Waals surface area contributed by atoms with Crippen LogP contribution >= 0.6 is 0 Å². The van der Waals surface area contributed by atoms with Gasteiger partial charge >= 0.3 is 0 Å². The van der Waals surface area contributed by atoms with Crippen LogP contribution in [0.4, 0.5) is 0 Å². The van der Waals surface area contributed by atoms with Gasteiger partial charge in [0.15, 0.2) is 0 Å². The standard InChI is InChI=1S/C17H22N2O3S/c1-18-12-13-6-5-11-19(13)23(20,21)17-10-9-16(22-2)14-7-3-4-8-15(14)17/h3-4,7-10,13,18H,5-6,11-12H2,1-2H3. The average Bonchev–Trinajstić information content (AvgIpc) is 3.03. The van der Waals surface area contributed by atoms with Crippen molar-refractivity contribution >= 4 is 20.8 Å². The van der Waals surface area contributed by atoms with Gasteiger partial charge in [0.05, 0.1) is 12.0 Å². The minimum absolute atomic E-state index is 0.0193. The number of methoxy groups -OCH3 is 1. The lowest BCUT2D eigenvalue weighted by Crippen LogP contribution is -2.40. The molecule has 1 N–H and O–H groups in total. The smallest absolute Gasteiger partial charge is 0.243 e. The number of rotatable bonds is 5. The van der Waals surface area contributed by atoms with Crippen LogP contribution in [-0.4, -0.2) is 46.0 Å². The molecule has 1 aliphatic rings. The van der Waals surface area contributed by atoms with Crippen molar-refractivity contribution in [3.63, 3.8) is 0 Å². The number of hydrogen-bond donors (Lipinski definition) is 1. The van der Waals surface area contributed by atoms with Gasteiger partial charge in [-0.15, -0.1) is 0 Å². The van der Waals surface area contributed by atoms with E-state index < -0.39 is 10.0 Å². The molecule has 2 aromatic rings. The van der Waals surface area contributed by atoms with Gasteiger partial charge in [0, 0.05) is 29.9 Å². The summed E-state index contributed by atoms with van der Waals surface area (Å²) in [6, 6.07) is 10.9. The Morgan fingerprint density at radius 1 is 1.22 bits per heavy atom. The molecule has 0 aliphatic carbocycles. The summed E-state index contributed by atoms with van der Waals surface area (Å²) in [6.45, 7) is 1.25. The number of benzene rings is 2. The van der Waals surface area contributed by atoms with Crippen molar-refractivity contribution in [2.24, 2.45) is 0 Å². The topological polar surface area (TPSA) is 58.6 Å². The Hall–Kier alpha value is -1.63. The van der Waals surface area contributed by atoms with Crippen molar-refractivity contribution in [1.82, 2.24) is 9.62 Å². The van der Waals surface area contributed by atoms with E-state index in [9.17, 15) is 8.42 Å². The third-order valence-electron chi connectivity index (χ3n) is 4.41. The van der Waals surface area contributed by atoms with Crippen LogP contribution in [0.25, 0.3) is 10.8 Å². The van der Waals surface area contributed by atoms with E-state index in [1.54, 1.807) is 23.5 Å². The fourth-order valence-corrected chi connectivity index (χ4v) is 5.23. The number of likely N-dealkylation sites (N-methyl/N-ethyl adjacent to an activating group) is 1. The minimum Gasteiger partial charge on any atom is -0.496 e. The van der Waals surface area contributed by atoms with Gasteiger partial charge in [0.1, 0.15) is 5.75 Å². The van der Waals surface area contributed by atoms with Crippen molar-refractivity contribution in [3.05, 3.63) is 36.4 Å². The van der Waals surface area contributed by atoms with Gasteiger partial charge in [-0.05, 0) is 32.0 Å². The van der Waals surface area contributed by atoms with Crippen LogP contribution in [0, 0.1) is 0 Å². The molecule has 0 spiro atoms. The van der Waals surface area contributed by atoms with Crippen molar-refractivity contribution in [1.29, 1.82) is 0 Å². The quantitative estimate of drug-likeness (QED) is 0.911. The number of nitrogens with zero attached hydrogens (tertiary/aromatic N) is 1. The van der Waals surface area contributed by atoms with Gasteiger partial charge in [-0.25, -0.2) is 8.42 Å². The summed E-state index contributed by atoms with van der Waals surface area (Å²) >= 11 is 0. The van der Waals surface area contributed by atoms with Gasteiger partial charge in [0.2, 0.25) is 10.0 Å². The zero-order valence-electron chi connectivity index (χ0n) is 13.5. The highest BCUT2D eigenvalue weighted by Gasteiger charge is 2.35. The third kappa shape index (κ3) is 2.82. The third-order valence-corrected chi connectivity index (χ3v) is 6.42. The molecule has 0 bridgehead atoms. The number of nitrogens with one attached hydrogen (secondary N) is 1. The molecular weight excluding hydrogens is 312 g/mol. The summed E-state index contributed by atoms with van der Waals surface area (Å²) in [4.78, 5) is 0.358. The average molecular weight is 334 g/mol. The highest BCUT2D eigenvalue weighted by molar-refractivity contribution is 7.89. The van der Waals surface area contributed by atoms with Gasteiger partial charge in [-0.3, -0.25) is 0 Å². The van der Waals surface area contributed by atoms with E-state index in [2.05, 4.69) is 5.32 Å². The first kappa shape index (κ1) is 16.2. The normalized spacial score (nSPS) is 19.3. The monoisotopic (exact) mass is 334 g/mol. The maximum absolute atomic E-state index is 13.2.